The van der Waals surface area contributed by atoms with Gasteiger partial charge in [-0.3, -0.25) is 0 Å². The van der Waals surface area contributed by atoms with E-state index in [1.807, 2.05) is 0 Å². The van der Waals surface area contributed by atoms with Crippen molar-refractivity contribution in [1.82, 2.24) is 0 Å². The van der Waals surface area contributed by atoms with Gasteiger partial charge in [-0.1, -0.05) is 0 Å². The standard InChI is InChI=1S/Gd.3O3Si.Sc/c;3*1-4(2)3;/q+3;3*-2;+3. The minimum Gasteiger partial charge on any atom is -0.672 e. The Morgan fingerprint density at radius 3 is 0.571 bits per heavy atom. The van der Waals surface area contributed by atoms with Crippen LogP contribution in [0, 0.1) is 39.9 Å². The van der Waals surface area contributed by atoms with E-state index in [4.69, 9.17) is 42.2 Å². The van der Waals surface area contributed by atoms with Crippen molar-refractivity contribution in [2.24, 2.45) is 0 Å². The van der Waals surface area contributed by atoms with Crippen LogP contribution in [-0.2, 0) is 39.2 Å². The normalized spacial score (nSPS) is 5.14. The SMILES string of the molecule is O=[Si]([O-])[O-].O=[Si]([O-])[O-].O=[Si]([O-])[O-].[Gd+3].[Sc+3]. The molecule has 0 fully saturated rings. The first-order valence-corrected chi connectivity index (χ1v) is 5.51. The fourth-order valence-corrected chi connectivity index (χ4v) is 0. The molecular weight excluding hydrogens is 430 g/mol. The van der Waals surface area contributed by atoms with Gasteiger partial charge in [0.05, 0.1) is 0 Å². The molecule has 14 heavy (non-hydrogen) atoms. The van der Waals surface area contributed by atoms with Crippen molar-refractivity contribution in [3.63, 3.8) is 0 Å². The summed E-state index contributed by atoms with van der Waals surface area (Å²) in [5.74, 6) is 0. The molecule has 14 heteroatoms. The molecule has 0 aromatic rings. The Morgan fingerprint density at radius 1 is 0.571 bits per heavy atom. The molecule has 1 radical (unpaired) electrons. The maximum Gasteiger partial charge on any atom is 3.00 e. The first-order valence-electron chi connectivity index (χ1n) is 1.84. The molecule has 0 aliphatic rings. The smallest absolute Gasteiger partial charge is 0.672 e. The summed E-state index contributed by atoms with van der Waals surface area (Å²) in [6.45, 7) is 0. The molecule has 9 nitrogen and oxygen atoms in total. The summed E-state index contributed by atoms with van der Waals surface area (Å²) in [5, 5.41) is 0. The molecule has 0 N–H and O–H groups in total. The molecule has 77 valence electrons. The van der Waals surface area contributed by atoms with Gasteiger partial charge in [-0.25, -0.2) is 0 Å². The van der Waals surface area contributed by atoms with Crippen LogP contribution >= 0.6 is 0 Å². The summed E-state index contributed by atoms with van der Waals surface area (Å²) in [5.41, 5.74) is 0. The molecule has 0 heterocycles. The van der Waals surface area contributed by atoms with E-state index in [0.717, 1.165) is 0 Å². The van der Waals surface area contributed by atoms with E-state index in [2.05, 4.69) is 0 Å². The third-order valence-electron chi connectivity index (χ3n) is 0. The van der Waals surface area contributed by atoms with E-state index in [1.165, 1.54) is 0 Å². The Morgan fingerprint density at radius 2 is 0.571 bits per heavy atom. The second-order valence-electron chi connectivity index (χ2n) is 0.750. The van der Waals surface area contributed by atoms with Crippen LogP contribution in [0.25, 0.3) is 0 Å². The molecule has 0 bridgehead atoms. The monoisotopic (exact) mass is 431 g/mol. The molecule has 0 aliphatic heterocycles. The summed E-state index contributed by atoms with van der Waals surface area (Å²) in [4.78, 5) is 51.1. The van der Waals surface area contributed by atoms with Gasteiger partial charge in [-0.2, -0.15) is 0 Å². The van der Waals surface area contributed by atoms with Crippen LogP contribution in [0.1, 0.15) is 0 Å². The van der Waals surface area contributed by atoms with Crippen molar-refractivity contribution in [2.75, 3.05) is 0 Å². The van der Waals surface area contributed by atoms with Gasteiger partial charge in [0.2, 0.25) is 0 Å². The van der Waals surface area contributed by atoms with E-state index >= 15 is 0 Å². The maximum absolute atomic E-state index is 8.52. The first kappa shape index (κ1) is 29.4. The number of hydrogen-bond acceptors (Lipinski definition) is 9. The van der Waals surface area contributed by atoms with Crippen molar-refractivity contribution in [3.8, 4) is 0 Å². The van der Waals surface area contributed by atoms with Gasteiger partial charge in [0.25, 0.3) is 0 Å². The van der Waals surface area contributed by atoms with Gasteiger partial charge < -0.3 is 42.2 Å². The van der Waals surface area contributed by atoms with E-state index in [-0.39, 0.29) is 65.8 Å². The van der Waals surface area contributed by atoms with Gasteiger partial charge in [-0.15, -0.1) is 0 Å². The number of hydrogen-bond donors (Lipinski definition) is 0. The zero-order chi connectivity index (χ0) is 10.7. The fraction of sp³-hybridized carbons (Fsp3) is 0. The summed E-state index contributed by atoms with van der Waals surface area (Å²) >= 11 is 0. The largest absolute Gasteiger partial charge is 3.00 e. The van der Waals surface area contributed by atoms with Crippen LogP contribution in [0.15, 0.2) is 0 Å². The molecule has 0 spiro atoms. The van der Waals surface area contributed by atoms with Gasteiger partial charge in [-0.05, 0) is 0 Å². The first-order chi connectivity index (χ1) is 5.20. The van der Waals surface area contributed by atoms with Crippen molar-refractivity contribution in [3.05, 3.63) is 0 Å². The maximum atomic E-state index is 8.52. The van der Waals surface area contributed by atoms with Gasteiger partial charge in [0, 0.05) is 27.5 Å². The Hall–Kier alpha value is 1.05. The van der Waals surface area contributed by atoms with E-state index in [0.29, 0.717) is 0 Å². The molecule has 0 unspecified atom stereocenters. The summed E-state index contributed by atoms with van der Waals surface area (Å²) in [6, 6.07) is 0. The minimum absolute atomic E-state index is 0. The van der Waals surface area contributed by atoms with Crippen LogP contribution in [0.5, 0.6) is 0 Å². The molecule has 0 aromatic carbocycles. The Labute approximate surface area is 134 Å². The van der Waals surface area contributed by atoms with Gasteiger partial charge >= 0.3 is 65.8 Å². The van der Waals surface area contributed by atoms with Crippen molar-refractivity contribution in [1.29, 1.82) is 0 Å². The van der Waals surface area contributed by atoms with E-state index in [1.54, 1.807) is 0 Å². The van der Waals surface area contributed by atoms with Crippen molar-refractivity contribution in [2.45, 2.75) is 0 Å². The predicted octanol–water partition coefficient (Wildman–Crippen LogP) is -8.64. The van der Waals surface area contributed by atoms with Crippen LogP contribution in [-0.4, -0.2) is 27.5 Å². The third-order valence-corrected chi connectivity index (χ3v) is 0. The Bertz CT molecular complexity index is 118. The van der Waals surface area contributed by atoms with Crippen molar-refractivity contribution >= 4 is 27.5 Å². The fourth-order valence-electron chi connectivity index (χ4n) is 0. The second kappa shape index (κ2) is 23.7. The zero-order valence-corrected chi connectivity index (χ0v) is 13.2. The minimum atomic E-state index is -3.63. The Kier molecular flexibility index (Phi) is 49.8. The molecule has 0 atom stereocenters. The van der Waals surface area contributed by atoms with Crippen LogP contribution in [0.3, 0.4) is 0 Å². The molecule has 0 aromatic heterocycles. The van der Waals surface area contributed by atoms with Crippen LogP contribution in [0.4, 0.5) is 0 Å². The molecule has 0 aliphatic carbocycles. The molecule has 0 saturated carbocycles. The van der Waals surface area contributed by atoms with Crippen LogP contribution in [0.2, 0.25) is 0 Å². The van der Waals surface area contributed by atoms with E-state index < -0.39 is 27.5 Å². The zero-order valence-electron chi connectivity index (χ0n) is 6.11. The predicted molar refractivity (Wildman–Crippen MR) is 19.3 cm³/mol. The number of rotatable bonds is 0. The van der Waals surface area contributed by atoms with Crippen molar-refractivity contribution < 1.29 is 108 Å². The summed E-state index contributed by atoms with van der Waals surface area (Å²) < 4.78 is 25.6. The quantitative estimate of drug-likeness (QED) is 0.336. The second-order valence-corrected chi connectivity index (χ2v) is 2.25. The topological polar surface area (TPSA) is 190 Å². The summed E-state index contributed by atoms with van der Waals surface area (Å²) in [6.07, 6.45) is 0. The molecule has 0 saturated heterocycles. The third kappa shape index (κ3) is 1730. The van der Waals surface area contributed by atoms with Crippen LogP contribution < -0.4 is 28.8 Å². The average molecular weight is 430 g/mol. The molecular formula is GdO9ScSi3. The van der Waals surface area contributed by atoms with E-state index in [9.17, 15) is 0 Å². The summed E-state index contributed by atoms with van der Waals surface area (Å²) in [7, 11) is -10.9. The van der Waals surface area contributed by atoms with Gasteiger partial charge in [0.15, 0.2) is 0 Å². The molecule has 0 amide bonds. The Balaban J connectivity index is -0.0000000270. The molecule has 0 rings (SSSR count). The van der Waals surface area contributed by atoms with Gasteiger partial charge in [0.1, 0.15) is 0 Å². The average Bonchev–Trinajstić information content (AvgIpc) is 1.54.